The van der Waals surface area contributed by atoms with Crippen molar-refractivity contribution in [1.82, 2.24) is 0 Å². The molecular weight excluding hydrogens is 210 g/mol. The van der Waals surface area contributed by atoms with E-state index in [-0.39, 0.29) is 12.8 Å². The minimum atomic E-state index is -4.11. The smallest absolute Gasteiger partial charge is 0.212 e. The molecule has 1 aliphatic carbocycles. The largest absolute Gasteiger partial charge is 0.265 e. The molecule has 12 heavy (non-hydrogen) atoms. The maximum absolute atomic E-state index is 12.9. The highest BCUT2D eigenvalue weighted by Gasteiger charge is 2.48. The van der Waals surface area contributed by atoms with Crippen LogP contribution >= 0.6 is 10.7 Å². The van der Waals surface area contributed by atoms with Gasteiger partial charge in [0.2, 0.25) is 9.05 Å². The second-order valence-corrected chi connectivity index (χ2v) is 5.78. The molecule has 0 aromatic heterocycles. The number of alkyl halides is 2. The third-order valence-corrected chi connectivity index (χ3v) is 3.94. The zero-order valence-electron chi connectivity index (χ0n) is 6.26. The van der Waals surface area contributed by atoms with E-state index in [1.165, 1.54) is 0 Å². The fourth-order valence-corrected chi connectivity index (χ4v) is 3.05. The topological polar surface area (TPSA) is 34.1 Å². The lowest BCUT2D eigenvalue weighted by Crippen LogP contribution is -2.40. The maximum atomic E-state index is 12.9. The maximum Gasteiger partial charge on any atom is 0.265 e. The first-order chi connectivity index (χ1) is 5.34. The fraction of sp³-hybridized carbons (Fsp3) is 1.00. The Hall–Kier alpha value is 0.1000. The Morgan fingerprint density at radius 1 is 1.33 bits per heavy atom. The van der Waals surface area contributed by atoms with Gasteiger partial charge in [-0.2, -0.15) is 0 Å². The molecule has 0 radical (unpaired) electrons. The molecule has 6 heteroatoms. The van der Waals surface area contributed by atoms with Crippen molar-refractivity contribution >= 4 is 19.7 Å². The summed E-state index contributed by atoms with van der Waals surface area (Å²) in [5.74, 6) is -3.14. The molecular formula is C6H9ClF2O2S. The highest BCUT2D eigenvalue weighted by molar-refractivity contribution is 8.14. The lowest BCUT2D eigenvalue weighted by atomic mass is 9.96. The average molecular weight is 219 g/mol. The second kappa shape index (κ2) is 3.10. The minimum absolute atomic E-state index is 0.0289. The molecule has 1 atom stereocenters. The summed E-state index contributed by atoms with van der Waals surface area (Å²) in [7, 11) is 0.777. The van der Waals surface area contributed by atoms with Gasteiger partial charge in [0.15, 0.2) is 0 Å². The summed E-state index contributed by atoms with van der Waals surface area (Å²) in [5, 5.41) is -1.68. The first kappa shape index (κ1) is 10.2. The van der Waals surface area contributed by atoms with E-state index in [0.717, 1.165) is 0 Å². The molecule has 0 saturated heterocycles. The van der Waals surface area contributed by atoms with Crippen molar-refractivity contribution in [3.63, 3.8) is 0 Å². The summed E-state index contributed by atoms with van der Waals surface area (Å²) in [4.78, 5) is 0. The van der Waals surface area contributed by atoms with Crippen molar-refractivity contribution in [1.29, 1.82) is 0 Å². The van der Waals surface area contributed by atoms with Crippen LogP contribution in [0, 0.1) is 0 Å². The van der Waals surface area contributed by atoms with E-state index in [1.807, 2.05) is 0 Å². The molecule has 0 aliphatic heterocycles. The van der Waals surface area contributed by atoms with Crippen molar-refractivity contribution in [2.24, 2.45) is 0 Å². The number of hydrogen-bond donors (Lipinski definition) is 0. The summed E-state index contributed by atoms with van der Waals surface area (Å²) in [6.07, 6.45) is 0.477. The first-order valence-electron chi connectivity index (χ1n) is 3.65. The van der Waals surface area contributed by atoms with Crippen LogP contribution in [0.15, 0.2) is 0 Å². The number of rotatable bonds is 1. The van der Waals surface area contributed by atoms with Crippen LogP contribution in [-0.4, -0.2) is 19.6 Å². The quantitative estimate of drug-likeness (QED) is 0.632. The van der Waals surface area contributed by atoms with Crippen molar-refractivity contribution in [2.75, 3.05) is 0 Å². The molecule has 0 heterocycles. The monoisotopic (exact) mass is 218 g/mol. The zero-order chi connectivity index (χ0) is 9.41. The standard InChI is InChI=1S/C6H9ClF2O2S/c7-12(10,11)5-3-1-2-4-6(5,8)9/h5H,1-4H2. The lowest BCUT2D eigenvalue weighted by Gasteiger charge is -2.28. The highest BCUT2D eigenvalue weighted by atomic mass is 35.7. The van der Waals surface area contributed by atoms with Gasteiger partial charge in [-0.1, -0.05) is 6.42 Å². The van der Waals surface area contributed by atoms with Gasteiger partial charge in [0, 0.05) is 17.1 Å². The van der Waals surface area contributed by atoms with Gasteiger partial charge in [-0.3, -0.25) is 0 Å². The average Bonchev–Trinajstić information content (AvgIpc) is 1.83. The van der Waals surface area contributed by atoms with Crippen molar-refractivity contribution in [2.45, 2.75) is 36.9 Å². The Morgan fingerprint density at radius 2 is 1.92 bits per heavy atom. The van der Waals surface area contributed by atoms with Crippen molar-refractivity contribution in [3.05, 3.63) is 0 Å². The van der Waals surface area contributed by atoms with Gasteiger partial charge in [0.1, 0.15) is 5.25 Å². The lowest BCUT2D eigenvalue weighted by molar-refractivity contribution is -0.0289. The SMILES string of the molecule is O=S(=O)(Cl)C1CCCCC1(F)F. The summed E-state index contributed by atoms with van der Waals surface area (Å²) in [5.41, 5.74) is 0. The summed E-state index contributed by atoms with van der Waals surface area (Å²) >= 11 is 0. The second-order valence-electron chi connectivity index (χ2n) is 2.97. The molecule has 0 spiro atoms. The summed E-state index contributed by atoms with van der Waals surface area (Å²) in [6.45, 7) is 0. The molecule has 0 aromatic rings. The molecule has 2 nitrogen and oxygen atoms in total. The van der Waals surface area contributed by atoms with Gasteiger partial charge in [-0.15, -0.1) is 0 Å². The van der Waals surface area contributed by atoms with Crippen LogP contribution in [0.5, 0.6) is 0 Å². The molecule has 0 bridgehead atoms. The molecule has 72 valence electrons. The number of halogens is 3. The van der Waals surface area contributed by atoms with Crippen LogP contribution < -0.4 is 0 Å². The van der Waals surface area contributed by atoms with E-state index in [0.29, 0.717) is 12.8 Å². The summed E-state index contributed by atoms with van der Waals surface area (Å²) < 4.78 is 47.2. The van der Waals surface area contributed by atoms with Crippen molar-refractivity contribution < 1.29 is 17.2 Å². The predicted molar refractivity (Wildman–Crippen MR) is 42.0 cm³/mol. The van der Waals surface area contributed by atoms with E-state index in [4.69, 9.17) is 10.7 Å². The number of hydrogen-bond acceptors (Lipinski definition) is 2. The van der Waals surface area contributed by atoms with Gasteiger partial charge < -0.3 is 0 Å². The third-order valence-electron chi connectivity index (χ3n) is 2.04. The van der Waals surface area contributed by atoms with Gasteiger partial charge in [-0.05, 0) is 12.8 Å². The van der Waals surface area contributed by atoms with Gasteiger partial charge in [0.05, 0.1) is 0 Å². The third kappa shape index (κ3) is 2.07. The van der Waals surface area contributed by atoms with Crippen LogP contribution in [-0.2, 0) is 9.05 Å². The molecule has 0 aromatic carbocycles. The van der Waals surface area contributed by atoms with Gasteiger partial charge >= 0.3 is 0 Å². The zero-order valence-corrected chi connectivity index (χ0v) is 7.84. The molecule has 1 aliphatic rings. The van der Waals surface area contributed by atoms with Crippen LogP contribution in [0.25, 0.3) is 0 Å². The minimum Gasteiger partial charge on any atom is -0.212 e. The van der Waals surface area contributed by atoms with Gasteiger partial charge in [0.25, 0.3) is 5.92 Å². The van der Waals surface area contributed by atoms with Gasteiger partial charge in [-0.25, -0.2) is 17.2 Å². The van der Waals surface area contributed by atoms with Crippen LogP contribution in [0.3, 0.4) is 0 Å². The Kier molecular flexibility index (Phi) is 2.63. The van der Waals surface area contributed by atoms with Crippen LogP contribution in [0.4, 0.5) is 8.78 Å². The van der Waals surface area contributed by atoms with E-state index in [1.54, 1.807) is 0 Å². The highest BCUT2D eigenvalue weighted by Crippen LogP contribution is 2.38. The first-order valence-corrected chi connectivity index (χ1v) is 6.02. The molecule has 0 amide bonds. The Balaban J connectivity index is 2.88. The fourth-order valence-electron chi connectivity index (χ4n) is 1.41. The van der Waals surface area contributed by atoms with Crippen LogP contribution in [0.2, 0.25) is 0 Å². The summed E-state index contributed by atoms with van der Waals surface area (Å²) in [6, 6.07) is 0. The molecule has 1 saturated carbocycles. The van der Waals surface area contributed by atoms with E-state index in [9.17, 15) is 17.2 Å². The van der Waals surface area contributed by atoms with E-state index >= 15 is 0 Å². The molecule has 1 unspecified atom stereocenters. The predicted octanol–water partition coefficient (Wildman–Crippen LogP) is 2.13. The van der Waals surface area contributed by atoms with E-state index < -0.39 is 20.2 Å². The normalized spacial score (nSPS) is 30.1. The Bertz CT molecular complexity index is 263. The molecule has 0 N–H and O–H groups in total. The molecule has 1 rings (SSSR count). The Morgan fingerprint density at radius 3 is 2.25 bits per heavy atom. The molecule has 1 fully saturated rings. The van der Waals surface area contributed by atoms with Crippen molar-refractivity contribution in [3.8, 4) is 0 Å². The van der Waals surface area contributed by atoms with E-state index in [2.05, 4.69) is 0 Å². The van der Waals surface area contributed by atoms with Crippen LogP contribution in [0.1, 0.15) is 25.7 Å². The Labute approximate surface area is 74.3 Å².